The highest BCUT2D eigenvalue weighted by atomic mass is 16.6. The van der Waals surface area contributed by atoms with Crippen LogP contribution in [0.4, 0.5) is 5.95 Å². The van der Waals surface area contributed by atoms with Crippen molar-refractivity contribution in [2.75, 3.05) is 32.2 Å². The summed E-state index contributed by atoms with van der Waals surface area (Å²) in [6.45, 7) is 3.40. The summed E-state index contributed by atoms with van der Waals surface area (Å²) < 4.78 is 17.9. The number of imidazole rings is 1. The Hall–Kier alpha value is -2.87. The van der Waals surface area contributed by atoms with Gasteiger partial charge < -0.3 is 24.5 Å². The number of aliphatic hydroxyl groups is 1. The zero-order valence-corrected chi connectivity index (χ0v) is 16.7. The van der Waals surface area contributed by atoms with Gasteiger partial charge >= 0.3 is 0 Å². The third kappa shape index (κ3) is 4.18. The lowest BCUT2D eigenvalue weighted by Crippen LogP contribution is -2.32. The molecular formula is C17H24N6O7. The average Bonchev–Trinajstić information content (AvgIpc) is 3.29. The molecule has 3 atom stereocenters. The summed E-state index contributed by atoms with van der Waals surface area (Å²) in [6.07, 6.45) is -1.42. The van der Waals surface area contributed by atoms with Crippen LogP contribution in [0.15, 0.2) is 16.3 Å². The standard InChI is InChI=1S/C17H24N6O7/c1-8(2)14(25)20-17-19-13-11(15(26)21-17)18-7-23(13)16-12(29-5-4-28-3)10(22-27)9(6-24)30-16/h7-9,12,16,24,27H,4-6H2,1-3H3,(H2,19,20,21,25,26)/b22-10+/t9-,12-,16-/m1/s1. The topological polar surface area (TPSA) is 173 Å². The van der Waals surface area contributed by atoms with E-state index in [1.54, 1.807) is 13.8 Å². The first-order chi connectivity index (χ1) is 14.4. The van der Waals surface area contributed by atoms with Crippen molar-refractivity contribution in [1.82, 2.24) is 19.5 Å². The molecule has 0 aromatic carbocycles. The van der Waals surface area contributed by atoms with Crippen molar-refractivity contribution < 1.29 is 29.3 Å². The van der Waals surface area contributed by atoms with Crippen molar-refractivity contribution in [3.63, 3.8) is 0 Å². The average molecular weight is 424 g/mol. The van der Waals surface area contributed by atoms with E-state index in [1.165, 1.54) is 18.0 Å². The van der Waals surface area contributed by atoms with Crippen LogP contribution in [0, 0.1) is 5.92 Å². The summed E-state index contributed by atoms with van der Waals surface area (Å²) in [5, 5.41) is 24.7. The van der Waals surface area contributed by atoms with E-state index in [4.69, 9.17) is 14.2 Å². The van der Waals surface area contributed by atoms with E-state index in [0.717, 1.165) is 0 Å². The number of carbonyl (C=O) groups is 1. The van der Waals surface area contributed by atoms with E-state index in [1.807, 2.05) is 0 Å². The first kappa shape index (κ1) is 21.8. The number of aromatic amines is 1. The highest BCUT2D eigenvalue weighted by molar-refractivity contribution is 5.94. The molecule has 2 aromatic heterocycles. The van der Waals surface area contributed by atoms with Crippen LogP contribution in [-0.2, 0) is 19.0 Å². The molecule has 0 spiro atoms. The first-order valence-corrected chi connectivity index (χ1v) is 9.27. The molecule has 13 nitrogen and oxygen atoms in total. The van der Waals surface area contributed by atoms with E-state index < -0.39 is 30.6 Å². The maximum absolute atomic E-state index is 12.4. The smallest absolute Gasteiger partial charge is 0.280 e. The Kier molecular flexibility index (Phi) is 6.77. The largest absolute Gasteiger partial charge is 0.411 e. The third-order valence-corrected chi connectivity index (χ3v) is 4.52. The lowest BCUT2D eigenvalue weighted by molar-refractivity contribution is -0.118. The monoisotopic (exact) mass is 424 g/mol. The van der Waals surface area contributed by atoms with Gasteiger partial charge in [0.25, 0.3) is 5.56 Å². The van der Waals surface area contributed by atoms with Gasteiger partial charge in [-0.2, -0.15) is 4.98 Å². The molecule has 30 heavy (non-hydrogen) atoms. The minimum absolute atomic E-state index is 0.0201. The number of fused-ring (bicyclic) bond motifs is 1. The van der Waals surface area contributed by atoms with Crippen molar-refractivity contribution in [2.24, 2.45) is 11.1 Å². The summed E-state index contributed by atoms with van der Waals surface area (Å²) in [4.78, 5) is 35.2. The van der Waals surface area contributed by atoms with Crippen molar-refractivity contribution in [2.45, 2.75) is 32.3 Å². The summed E-state index contributed by atoms with van der Waals surface area (Å²) in [6, 6.07) is 0. The number of carbonyl (C=O) groups excluding carboxylic acids is 1. The number of methoxy groups -OCH3 is 1. The van der Waals surface area contributed by atoms with Gasteiger partial charge in [-0.15, -0.1) is 0 Å². The normalized spacial score (nSPS) is 23.0. The van der Waals surface area contributed by atoms with Gasteiger partial charge in [0.15, 0.2) is 17.4 Å². The zero-order chi connectivity index (χ0) is 21.8. The predicted molar refractivity (Wildman–Crippen MR) is 103 cm³/mol. The molecule has 1 fully saturated rings. The number of hydrogen-bond acceptors (Lipinski definition) is 10. The Morgan fingerprint density at radius 2 is 2.23 bits per heavy atom. The van der Waals surface area contributed by atoms with E-state index in [-0.39, 0.29) is 47.9 Å². The van der Waals surface area contributed by atoms with Crippen LogP contribution < -0.4 is 10.9 Å². The number of hydrogen-bond donors (Lipinski definition) is 4. The van der Waals surface area contributed by atoms with E-state index in [2.05, 4.69) is 25.4 Å². The van der Waals surface area contributed by atoms with Crippen LogP contribution in [0.1, 0.15) is 20.1 Å². The van der Waals surface area contributed by atoms with Gasteiger partial charge in [0.2, 0.25) is 11.9 Å². The molecule has 1 aliphatic rings. The minimum atomic E-state index is -0.933. The molecule has 0 unspecified atom stereocenters. The molecule has 1 amide bonds. The quantitative estimate of drug-likeness (QED) is 0.247. The number of aromatic nitrogens is 4. The lowest BCUT2D eigenvalue weighted by atomic mass is 10.1. The van der Waals surface area contributed by atoms with Gasteiger partial charge in [-0.25, -0.2) is 4.98 Å². The molecule has 1 saturated heterocycles. The van der Waals surface area contributed by atoms with Gasteiger partial charge in [-0.1, -0.05) is 19.0 Å². The summed E-state index contributed by atoms with van der Waals surface area (Å²) >= 11 is 0. The predicted octanol–water partition coefficient (Wildman–Crippen LogP) is -0.534. The van der Waals surface area contributed by atoms with Crippen molar-refractivity contribution in [1.29, 1.82) is 0 Å². The van der Waals surface area contributed by atoms with Crippen LogP contribution in [0.2, 0.25) is 0 Å². The molecular weight excluding hydrogens is 400 g/mol. The summed E-state index contributed by atoms with van der Waals surface area (Å²) in [5.41, 5.74) is -0.327. The molecule has 4 N–H and O–H groups in total. The van der Waals surface area contributed by atoms with E-state index in [9.17, 15) is 19.9 Å². The Morgan fingerprint density at radius 3 is 2.87 bits per heavy atom. The molecule has 1 aliphatic heterocycles. The Morgan fingerprint density at radius 1 is 1.47 bits per heavy atom. The zero-order valence-electron chi connectivity index (χ0n) is 16.7. The van der Waals surface area contributed by atoms with Gasteiger partial charge in [-0.3, -0.25) is 24.5 Å². The van der Waals surface area contributed by atoms with Crippen LogP contribution in [0.5, 0.6) is 0 Å². The molecule has 0 aliphatic carbocycles. The third-order valence-electron chi connectivity index (χ3n) is 4.52. The summed E-state index contributed by atoms with van der Waals surface area (Å²) in [7, 11) is 1.51. The Labute approximate surface area is 170 Å². The van der Waals surface area contributed by atoms with Gasteiger partial charge in [0, 0.05) is 13.0 Å². The van der Waals surface area contributed by atoms with Crippen LogP contribution in [0.3, 0.4) is 0 Å². The van der Waals surface area contributed by atoms with Gasteiger partial charge in [0.05, 0.1) is 26.1 Å². The SMILES string of the molecule is COCCO[C@@H]1/C(=N/O)[C@@H](CO)O[C@H]1n1cnc2c(=O)[nH]c(NC(=O)C(C)C)nc21. The van der Waals surface area contributed by atoms with E-state index in [0.29, 0.717) is 0 Å². The molecule has 0 bridgehead atoms. The second-order valence-electron chi connectivity index (χ2n) is 6.89. The number of H-pyrrole nitrogens is 1. The minimum Gasteiger partial charge on any atom is -0.411 e. The molecule has 3 rings (SSSR count). The highest BCUT2D eigenvalue weighted by Gasteiger charge is 2.44. The number of oxime groups is 1. The lowest BCUT2D eigenvalue weighted by Gasteiger charge is -2.20. The van der Waals surface area contributed by atoms with Crippen LogP contribution in [0.25, 0.3) is 11.2 Å². The van der Waals surface area contributed by atoms with Crippen molar-refractivity contribution in [3.8, 4) is 0 Å². The molecule has 0 saturated carbocycles. The number of nitrogens with zero attached hydrogens (tertiary/aromatic N) is 4. The van der Waals surface area contributed by atoms with Crippen LogP contribution >= 0.6 is 0 Å². The highest BCUT2D eigenvalue weighted by Crippen LogP contribution is 2.31. The maximum Gasteiger partial charge on any atom is 0.280 e. The molecule has 13 heteroatoms. The first-order valence-electron chi connectivity index (χ1n) is 9.27. The van der Waals surface area contributed by atoms with E-state index >= 15 is 0 Å². The van der Waals surface area contributed by atoms with Crippen LogP contribution in [-0.4, -0.2) is 80.6 Å². The van der Waals surface area contributed by atoms with Gasteiger partial charge in [0.1, 0.15) is 17.9 Å². The van der Waals surface area contributed by atoms with Crippen molar-refractivity contribution >= 4 is 28.7 Å². The summed E-state index contributed by atoms with van der Waals surface area (Å²) in [5.74, 6) is -0.685. The Balaban J connectivity index is 2.01. The second kappa shape index (κ2) is 9.30. The fraction of sp³-hybridized carbons (Fsp3) is 0.588. The number of rotatable bonds is 8. The van der Waals surface area contributed by atoms with Gasteiger partial charge in [-0.05, 0) is 0 Å². The second-order valence-corrected chi connectivity index (χ2v) is 6.89. The molecule has 3 heterocycles. The number of anilines is 1. The molecule has 0 radical (unpaired) electrons. The number of ether oxygens (including phenoxy) is 3. The Bertz CT molecular complexity index is 985. The fourth-order valence-corrected chi connectivity index (χ4v) is 2.97. The molecule has 2 aromatic rings. The number of aliphatic hydroxyl groups excluding tert-OH is 1. The fourth-order valence-electron chi connectivity index (χ4n) is 2.97. The molecule has 164 valence electrons. The maximum atomic E-state index is 12.4. The number of amides is 1. The van der Waals surface area contributed by atoms with Crippen molar-refractivity contribution in [3.05, 3.63) is 16.7 Å². The number of nitrogens with one attached hydrogen (secondary N) is 2.